The van der Waals surface area contributed by atoms with Gasteiger partial charge >= 0.3 is 0 Å². The van der Waals surface area contributed by atoms with Crippen molar-refractivity contribution in [1.29, 1.82) is 0 Å². The monoisotopic (exact) mass is 563 g/mol. The first-order valence-electron chi connectivity index (χ1n) is 9.43. The highest BCUT2D eigenvalue weighted by atomic mass is 79.9. The van der Waals surface area contributed by atoms with Crippen LogP contribution in [0.3, 0.4) is 0 Å². The van der Waals surface area contributed by atoms with Gasteiger partial charge in [-0.25, -0.2) is 4.90 Å². The minimum Gasteiger partial charge on any atom is -0.350 e. The van der Waals surface area contributed by atoms with Crippen LogP contribution in [0.2, 0.25) is 10.0 Å². The van der Waals surface area contributed by atoms with E-state index < -0.39 is 11.8 Å². The molecule has 10 heteroatoms. The number of amides is 3. The molecule has 0 aromatic heterocycles. The zero-order chi connectivity index (χ0) is 23.7. The predicted molar refractivity (Wildman–Crippen MR) is 134 cm³/mol. The zero-order valence-electron chi connectivity index (χ0n) is 16.5. The van der Waals surface area contributed by atoms with E-state index in [4.69, 9.17) is 34.8 Å². The Morgan fingerprint density at radius 2 is 1.58 bits per heavy atom. The number of benzene rings is 3. The maximum absolute atomic E-state index is 12.9. The number of nitrogens with one attached hydrogen (secondary N) is 2. The second-order valence-corrected chi connectivity index (χ2v) is 8.94. The molecule has 166 valence electrons. The van der Waals surface area contributed by atoms with Crippen molar-refractivity contribution in [1.82, 2.24) is 0 Å². The Morgan fingerprint density at radius 1 is 0.879 bits per heavy atom. The Kier molecular flexibility index (Phi) is 6.76. The third-order valence-electron chi connectivity index (χ3n) is 4.71. The molecule has 0 aliphatic carbocycles. The van der Waals surface area contributed by atoms with Gasteiger partial charge in [0.05, 0.1) is 16.4 Å². The topological polar surface area (TPSA) is 78.5 Å². The number of anilines is 3. The number of para-hydroxylation sites is 1. The summed E-state index contributed by atoms with van der Waals surface area (Å²) in [6.45, 7) is 0. The summed E-state index contributed by atoms with van der Waals surface area (Å²) in [7, 11) is 0. The SMILES string of the molecule is O=C(Nc1ccccc1Br)c1ccc(NC2=C(Cl)C(=O)N(c3cc(Cl)ccc3Cl)C2=O)cc1. The number of nitrogens with zero attached hydrogens (tertiary/aromatic N) is 1. The lowest BCUT2D eigenvalue weighted by molar-refractivity contribution is -0.120. The molecule has 3 aromatic rings. The second kappa shape index (κ2) is 9.57. The Morgan fingerprint density at radius 3 is 2.27 bits per heavy atom. The average Bonchev–Trinajstić information content (AvgIpc) is 3.00. The molecular weight excluding hydrogens is 553 g/mol. The lowest BCUT2D eigenvalue weighted by atomic mass is 10.2. The first kappa shape index (κ1) is 23.3. The van der Waals surface area contributed by atoms with Crippen LogP contribution in [0.15, 0.2) is 81.9 Å². The molecular formula is C23H13BrCl3N3O3. The molecule has 0 radical (unpaired) electrons. The van der Waals surface area contributed by atoms with E-state index in [2.05, 4.69) is 26.6 Å². The minimum atomic E-state index is -0.724. The summed E-state index contributed by atoms with van der Waals surface area (Å²) >= 11 is 21.7. The standard InChI is InChI=1S/C23H13BrCl3N3O3/c24-15-3-1-2-4-17(15)29-21(31)12-5-8-14(9-6-12)28-20-19(27)22(32)30(23(20)33)18-11-13(25)7-10-16(18)26/h1-11,28H,(H,29,31). The Bertz CT molecular complexity index is 1330. The van der Waals surface area contributed by atoms with Gasteiger partial charge < -0.3 is 10.6 Å². The van der Waals surface area contributed by atoms with Crippen LogP contribution in [0.1, 0.15) is 10.4 Å². The lowest BCUT2D eigenvalue weighted by Crippen LogP contribution is -2.32. The van der Waals surface area contributed by atoms with Crippen LogP contribution in [0.4, 0.5) is 17.1 Å². The van der Waals surface area contributed by atoms with Crippen LogP contribution < -0.4 is 15.5 Å². The molecule has 0 saturated carbocycles. The largest absolute Gasteiger partial charge is 0.350 e. The van der Waals surface area contributed by atoms with Crippen LogP contribution in [0, 0.1) is 0 Å². The van der Waals surface area contributed by atoms with Gasteiger partial charge in [-0.2, -0.15) is 0 Å². The van der Waals surface area contributed by atoms with Gasteiger partial charge in [0.15, 0.2) is 0 Å². The fourth-order valence-electron chi connectivity index (χ4n) is 3.09. The van der Waals surface area contributed by atoms with Gasteiger partial charge in [0, 0.05) is 20.7 Å². The number of carbonyl (C=O) groups is 3. The van der Waals surface area contributed by atoms with E-state index in [0.717, 1.165) is 9.37 Å². The van der Waals surface area contributed by atoms with Gasteiger partial charge in [0.2, 0.25) is 0 Å². The van der Waals surface area contributed by atoms with Gasteiger partial charge in [0.1, 0.15) is 10.7 Å². The first-order valence-corrected chi connectivity index (χ1v) is 11.4. The van der Waals surface area contributed by atoms with Crippen molar-refractivity contribution in [3.8, 4) is 0 Å². The molecule has 0 unspecified atom stereocenters. The highest BCUT2D eigenvalue weighted by molar-refractivity contribution is 9.10. The molecule has 4 rings (SSSR count). The summed E-state index contributed by atoms with van der Waals surface area (Å²) in [4.78, 5) is 39.0. The molecule has 6 nitrogen and oxygen atoms in total. The number of hydrogen-bond acceptors (Lipinski definition) is 4. The highest BCUT2D eigenvalue weighted by Gasteiger charge is 2.40. The van der Waals surface area contributed by atoms with Crippen molar-refractivity contribution < 1.29 is 14.4 Å². The summed E-state index contributed by atoms with van der Waals surface area (Å²) in [5.74, 6) is -1.71. The number of imide groups is 1. The van der Waals surface area contributed by atoms with Crippen LogP contribution in [-0.2, 0) is 9.59 Å². The quantitative estimate of drug-likeness (QED) is 0.349. The van der Waals surface area contributed by atoms with E-state index in [9.17, 15) is 14.4 Å². The van der Waals surface area contributed by atoms with Gasteiger partial charge in [-0.1, -0.05) is 46.9 Å². The van der Waals surface area contributed by atoms with Gasteiger partial charge in [0.25, 0.3) is 17.7 Å². The molecule has 3 aromatic carbocycles. The molecule has 1 aliphatic rings. The van der Waals surface area contributed by atoms with Crippen molar-refractivity contribution in [2.75, 3.05) is 15.5 Å². The summed E-state index contributed by atoms with van der Waals surface area (Å²) < 4.78 is 0.756. The summed E-state index contributed by atoms with van der Waals surface area (Å²) in [6, 6.07) is 18.0. The maximum atomic E-state index is 12.9. The van der Waals surface area contributed by atoms with Crippen LogP contribution >= 0.6 is 50.7 Å². The molecule has 0 atom stereocenters. The van der Waals surface area contributed by atoms with Crippen LogP contribution in [-0.4, -0.2) is 17.7 Å². The van der Waals surface area contributed by atoms with Crippen LogP contribution in [0.25, 0.3) is 0 Å². The molecule has 1 aliphatic heterocycles. The number of rotatable bonds is 5. The molecule has 33 heavy (non-hydrogen) atoms. The predicted octanol–water partition coefficient (Wildman–Crippen LogP) is 6.44. The molecule has 0 saturated heterocycles. The average molecular weight is 566 g/mol. The van der Waals surface area contributed by atoms with E-state index in [1.165, 1.54) is 12.1 Å². The Labute approximate surface area is 212 Å². The molecule has 0 fully saturated rings. The van der Waals surface area contributed by atoms with Crippen LogP contribution in [0.5, 0.6) is 0 Å². The zero-order valence-corrected chi connectivity index (χ0v) is 20.4. The van der Waals surface area contributed by atoms with Crippen molar-refractivity contribution in [2.45, 2.75) is 0 Å². The van der Waals surface area contributed by atoms with Crippen molar-refractivity contribution in [3.05, 3.63) is 97.5 Å². The van der Waals surface area contributed by atoms with Crippen molar-refractivity contribution in [3.63, 3.8) is 0 Å². The van der Waals surface area contributed by atoms with E-state index in [0.29, 0.717) is 22.0 Å². The van der Waals surface area contributed by atoms with E-state index in [1.807, 2.05) is 18.2 Å². The summed E-state index contributed by atoms with van der Waals surface area (Å²) in [5, 5.41) is 5.85. The Hall–Kier alpha value is -2.84. The van der Waals surface area contributed by atoms with E-state index in [-0.39, 0.29) is 27.3 Å². The smallest absolute Gasteiger partial charge is 0.283 e. The fourth-order valence-corrected chi connectivity index (χ4v) is 4.06. The summed E-state index contributed by atoms with van der Waals surface area (Å²) in [5.41, 5.74) is 1.52. The molecule has 2 N–H and O–H groups in total. The fraction of sp³-hybridized carbons (Fsp3) is 0. The maximum Gasteiger partial charge on any atom is 0.283 e. The summed E-state index contributed by atoms with van der Waals surface area (Å²) in [6.07, 6.45) is 0. The minimum absolute atomic E-state index is 0.108. The third kappa shape index (κ3) is 4.77. The Balaban J connectivity index is 1.51. The lowest BCUT2D eigenvalue weighted by Gasteiger charge is -2.17. The van der Waals surface area contributed by atoms with Crippen molar-refractivity contribution >= 4 is 85.5 Å². The first-order chi connectivity index (χ1) is 15.8. The third-order valence-corrected chi connectivity index (χ3v) is 6.31. The molecule has 0 bridgehead atoms. The molecule has 1 heterocycles. The molecule has 3 amide bonds. The van der Waals surface area contributed by atoms with E-state index in [1.54, 1.807) is 36.4 Å². The van der Waals surface area contributed by atoms with Gasteiger partial charge in [-0.3, -0.25) is 14.4 Å². The van der Waals surface area contributed by atoms with Gasteiger partial charge in [-0.15, -0.1) is 0 Å². The van der Waals surface area contributed by atoms with Gasteiger partial charge in [-0.05, 0) is 70.5 Å². The normalized spacial score (nSPS) is 13.5. The highest BCUT2D eigenvalue weighted by Crippen LogP contribution is 2.35. The number of halogens is 4. The number of hydrogen-bond donors (Lipinski definition) is 2. The van der Waals surface area contributed by atoms with Crippen molar-refractivity contribution in [2.24, 2.45) is 0 Å². The number of carbonyl (C=O) groups excluding carboxylic acids is 3. The van der Waals surface area contributed by atoms with E-state index >= 15 is 0 Å². The second-order valence-electron chi connectivity index (χ2n) is 6.87. The molecule has 0 spiro atoms.